The van der Waals surface area contributed by atoms with Crippen LogP contribution in [-0.2, 0) is 6.18 Å². The number of aromatic carboxylic acids is 1. The van der Waals surface area contributed by atoms with Crippen molar-refractivity contribution in [2.45, 2.75) is 33.1 Å². The van der Waals surface area contributed by atoms with E-state index in [4.69, 9.17) is 4.74 Å². The number of alkyl halides is 3. The van der Waals surface area contributed by atoms with Crippen molar-refractivity contribution < 1.29 is 32.6 Å². The van der Waals surface area contributed by atoms with Gasteiger partial charge in [-0.1, -0.05) is 6.07 Å². The maximum Gasteiger partial charge on any atom is 0.417 e. The average Bonchev–Trinajstić information content (AvgIpc) is 3.14. The standard InChI is InChI=1S/C26H21F3N2O4/c1-14(2)35-19-8-6-18(7-9-19)31-22-11-4-16(21-10-5-17(13-30-21)26(27,28)29)12-20(22)23(15(3)32)24(31)25(33)34/h4-14H,1-3H3,(H,33,34). The van der Waals surface area contributed by atoms with E-state index in [9.17, 15) is 27.9 Å². The van der Waals surface area contributed by atoms with Crippen molar-refractivity contribution in [2.75, 3.05) is 0 Å². The fourth-order valence-corrected chi connectivity index (χ4v) is 3.96. The molecule has 9 heteroatoms. The molecule has 180 valence electrons. The number of carboxylic acids is 1. The van der Waals surface area contributed by atoms with Crippen LogP contribution >= 0.6 is 0 Å². The smallest absolute Gasteiger partial charge is 0.417 e. The number of halogens is 3. The lowest BCUT2D eigenvalue weighted by molar-refractivity contribution is -0.137. The quantitative estimate of drug-likeness (QED) is 0.322. The van der Waals surface area contributed by atoms with E-state index in [0.717, 1.165) is 12.3 Å². The predicted molar refractivity (Wildman–Crippen MR) is 124 cm³/mol. The van der Waals surface area contributed by atoms with Crippen molar-refractivity contribution in [3.63, 3.8) is 0 Å². The minimum Gasteiger partial charge on any atom is -0.491 e. The maximum absolute atomic E-state index is 12.9. The van der Waals surface area contributed by atoms with Crippen molar-refractivity contribution in [3.8, 4) is 22.7 Å². The van der Waals surface area contributed by atoms with Crippen LogP contribution in [0.4, 0.5) is 13.2 Å². The van der Waals surface area contributed by atoms with Gasteiger partial charge in [0.2, 0.25) is 0 Å². The van der Waals surface area contributed by atoms with Crippen LogP contribution in [0.2, 0.25) is 0 Å². The molecule has 4 rings (SSSR count). The van der Waals surface area contributed by atoms with E-state index < -0.39 is 23.5 Å². The summed E-state index contributed by atoms with van der Waals surface area (Å²) in [6, 6.07) is 13.8. The van der Waals surface area contributed by atoms with Gasteiger partial charge in [0.1, 0.15) is 11.4 Å². The van der Waals surface area contributed by atoms with E-state index in [1.807, 2.05) is 13.8 Å². The summed E-state index contributed by atoms with van der Waals surface area (Å²) >= 11 is 0. The second-order valence-corrected chi connectivity index (χ2v) is 8.24. The molecule has 6 nitrogen and oxygen atoms in total. The molecular weight excluding hydrogens is 461 g/mol. The van der Waals surface area contributed by atoms with Crippen LogP contribution in [0.5, 0.6) is 5.75 Å². The first kappa shape index (κ1) is 24.0. The summed E-state index contributed by atoms with van der Waals surface area (Å²) in [4.78, 5) is 28.8. The fraction of sp³-hybridized carbons (Fsp3) is 0.192. The molecule has 0 radical (unpaired) electrons. The Hall–Kier alpha value is -4.14. The van der Waals surface area contributed by atoms with Gasteiger partial charge < -0.3 is 14.4 Å². The van der Waals surface area contributed by atoms with Crippen LogP contribution in [0, 0.1) is 0 Å². The number of ketones is 1. The lowest BCUT2D eigenvalue weighted by Gasteiger charge is -2.12. The Morgan fingerprint density at radius 1 is 1.03 bits per heavy atom. The number of nitrogens with zero attached hydrogens (tertiary/aromatic N) is 2. The van der Waals surface area contributed by atoms with E-state index >= 15 is 0 Å². The highest BCUT2D eigenvalue weighted by molar-refractivity contribution is 6.15. The molecule has 0 saturated carbocycles. The van der Waals surface area contributed by atoms with Crippen LogP contribution in [-0.4, -0.2) is 32.5 Å². The van der Waals surface area contributed by atoms with Crippen molar-refractivity contribution in [1.29, 1.82) is 0 Å². The number of carbonyl (C=O) groups is 2. The third kappa shape index (κ3) is 4.62. The van der Waals surface area contributed by atoms with E-state index in [0.29, 0.717) is 27.9 Å². The lowest BCUT2D eigenvalue weighted by Crippen LogP contribution is -2.11. The van der Waals surface area contributed by atoms with Gasteiger partial charge in [0.05, 0.1) is 28.4 Å². The molecule has 0 saturated heterocycles. The SMILES string of the molecule is CC(=O)c1c(C(=O)O)n(-c2ccc(OC(C)C)cc2)c2ccc(-c3ccc(C(F)(F)F)cn3)cc12. The minimum absolute atomic E-state index is 0.00349. The predicted octanol–water partition coefficient (Wildman–Crippen LogP) is 6.40. The highest BCUT2D eigenvalue weighted by Crippen LogP contribution is 2.35. The summed E-state index contributed by atoms with van der Waals surface area (Å²) in [5.41, 5.74) is 0.595. The summed E-state index contributed by atoms with van der Waals surface area (Å²) in [5, 5.41) is 10.4. The zero-order chi connectivity index (χ0) is 25.5. The molecule has 0 spiro atoms. The second kappa shape index (κ2) is 8.90. The Labute approximate surface area is 198 Å². The largest absolute Gasteiger partial charge is 0.491 e. The number of ether oxygens (including phenoxy) is 1. The molecule has 2 aromatic heterocycles. The molecule has 0 bridgehead atoms. The van der Waals surface area contributed by atoms with Gasteiger partial charge in [-0.25, -0.2) is 4.79 Å². The Balaban J connectivity index is 1.90. The lowest BCUT2D eigenvalue weighted by atomic mass is 10.0. The van der Waals surface area contributed by atoms with Gasteiger partial charge >= 0.3 is 12.1 Å². The first-order chi connectivity index (χ1) is 16.5. The summed E-state index contributed by atoms with van der Waals surface area (Å²) in [6.45, 7) is 5.05. The molecule has 1 N–H and O–H groups in total. The fourth-order valence-electron chi connectivity index (χ4n) is 3.96. The van der Waals surface area contributed by atoms with Crippen molar-refractivity contribution >= 4 is 22.7 Å². The highest BCUT2D eigenvalue weighted by atomic mass is 19.4. The van der Waals surface area contributed by atoms with Gasteiger partial charge in [-0.2, -0.15) is 13.2 Å². The zero-order valence-electron chi connectivity index (χ0n) is 19.1. The third-order valence-corrected chi connectivity index (χ3v) is 5.38. The number of Topliss-reactive ketones (excluding diaryl/α,β-unsaturated/α-hetero) is 1. The van der Waals surface area contributed by atoms with E-state index in [1.165, 1.54) is 17.6 Å². The van der Waals surface area contributed by atoms with Crippen LogP contribution in [0.3, 0.4) is 0 Å². The number of rotatable bonds is 6. The number of aromatic nitrogens is 2. The molecule has 0 aliphatic carbocycles. The number of carbonyl (C=O) groups excluding carboxylic acids is 1. The van der Waals surface area contributed by atoms with Crippen LogP contribution in [0.25, 0.3) is 27.8 Å². The second-order valence-electron chi connectivity index (χ2n) is 8.24. The van der Waals surface area contributed by atoms with E-state index in [-0.39, 0.29) is 23.1 Å². The summed E-state index contributed by atoms with van der Waals surface area (Å²) in [6.07, 6.45) is -3.81. The van der Waals surface area contributed by atoms with Crippen LogP contribution in [0.15, 0.2) is 60.8 Å². The Morgan fingerprint density at radius 3 is 2.23 bits per heavy atom. The maximum atomic E-state index is 12.9. The number of carboxylic acid groups (broad SMARTS) is 1. The first-order valence-corrected chi connectivity index (χ1v) is 10.7. The number of hydrogen-bond donors (Lipinski definition) is 1. The number of hydrogen-bond acceptors (Lipinski definition) is 4. The number of pyridine rings is 1. The molecule has 0 aliphatic rings. The molecule has 4 aromatic rings. The molecule has 0 atom stereocenters. The molecule has 0 aliphatic heterocycles. The molecule has 35 heavy (non-hydrogen) atoms. The van der Waals surface area contributed by atoms with Crippen molar-refractivity contribution in [2.24, 2.45) is 0 Å². The summed E-state index contributed by atoms with van der Waals surface area (Å²) in [7, 11) is 0. The van der Waals surface area contributed by atoms with Gasteiger partial charge in [0.15, 0.2) is 5.78 Å². The Morgan fingerprint density at radius 2 is 1.71 bits per heavy atom. The normalized spacial score (nSPS) is 11.7. The first-order valence-electron chi connectivity index (χ1n) is 10.7. The molecule has 2 heterocycles. The summed E-state index contributed by atoms with van der Waals surface area (Å²) in [5.74, 6) is -1.13. The highest BCUT2D eigenvalue weighted by Gasteiger charge is 2.31. The van der Waals surface area contributed by atoms with Gasteiger partial charge in [-0.05, 0) is 69.3 Å². The third-order valence-electron chi connectivity index (χ3n) is 5.38. The van der Waals surface area contributed by atoms with Gasteiger partial charge in [0, 0.05) is 22.8 Å². The average molecular weight is 482 g/mol. The van der Waals surface area contributed by atoms with E-state index in [1.54, 1.807) is 42.5 Å². The monoisotopic (exact) mass is 482 g/mol. The topological polar surface area (TPSA) is 81.4 Å². The van der Waals surface area contributed by atoms with Gasteiger partial charge in [-0.15, -0.1) is 0 Å². The Bertz CT molecular complexity index is 1420. The van der Waals surface area contributed by atoms with Crippen molar-refractivity contribution in [3.05, 3.63) is 77.6 Å². The van der Waals surface area contributed by atoms with E-state index in [2.05, 4.69) is 4.98 Å². The number of benzene rings is 2. The van der Waals surface area contributed by atoms with Crippen LogP contribution in [0.1, 0.15) is 47.2 Å². The van der Waals surface area contributed by atoms with Crippen LogP contribution < -0.4 is 4.74 Å². The molecule has 0 amide bonds. The zero-order valence-corrected chi connectivity index (χ0v) is 19.1. The summed E-state index contributed by atoms with van der Waals surface area (Å²) < 4.78 is 45.8. The Kier molecular flexibility index (Phi) is 6.10. The molecule has 0 fully saturated rings. The minimum atomic E-state index is -4.51. The van der Waals surface area contributed by atoms with Gasteiger partial charge in [0.25, 0.3) is 0 Å². The van der Waals surface area contributed by atoms with Crippen molar-refractivity contribution in [1.82, 2.24) is 9.55 Å². The molecule has 0 unspecified atom stereocenters. The molecule has 2 aromatic carbocycles. The van der Waals surface area contributed by atoms with Gasteiger partial charge in [-0.3, -0.25) is 9.78 Å². The number of fused-ring (bicyclic) bond motifs is 1. The molecular formula is C26H21F3N2O4.